The van der Waals surface area contributed by atoms with E-state index in [1.165, 1.54) is 12.1 Å². The third-order valence-electron chi connectivity index (χ3n) is 5.96. The number of carbonyl (C=O) groups is 2. The van der Waals surface area contributed by atoms with Crippen LogP contribution in [0.3, 0.4) is 0 Å². The molecular formula is C24H22FN3O2. The van der Waals surface area contributed by atoms with Gasteiger partial charge in [-0.1, -0.05) is 12.1 Å². The molecular weight excluding hydrogens is 381 g/mol. The van der Waals surface area contributed by atoms with Crippen LogP contribution in [0.2, 0.25) is 0 Å². The number of aromatic amines is 1. The predicted molar refractivity (Wildman–Crippen MR) is 115 cm³/mol. The fourth-order valence-corrected chi connectivity index (χ4v) is 4.37. The van der Waals surface area contributed by atoms with Crippen molar-refractivity contribution in [1.29, 1.82) is 0 Å². The van der Waals surface area contributed by atoms with Gasteiger partial charge in [0, 0.05) is 60.0 Å². The molecule has 152 valence electrons. The van der Waals surface area contributed by atoms with Crippen molar-refractivity contribution in [2.45, 2.75) is 19.3 Å². The standard InChI is InChI=1S/C24H22FN3O2/c25-18-6-7-20-21(15-26-22(20)14-18)16-8-11-27(12-9-16)24(30)17-3-1-4-19(13-17)28-10-2-5-23(28)29/h1,3-4,6-8,13-15,26H,2,5,9-12H2. The summed E-state index contributed by atoms with van der Waals surface area (Å²) in [7, 11) is 0. The molecule has 2 aliphatic heterocycles. The van der Waals surface area contributed by atoms with Gasteiger partial charge in [0.05, 0.1) is 0 Å². The van der Waals surface area contributed by atoms with Gasteiger partial charge in [-0.05, 0) is 54.8 Å². The monoisotopic (exact) mass is 403 g/mol. The molecule has 0 spiro atoms. The van der Waals surface area contributed by atoms with E-state index in [1.807, 2.05) is 29.3 Å². The highest BCUT2D eigenvalue weighted by Crippen LogP contribution is 2.30. The quantitative estimate of drug-likeness (QED) is 0.706. The summed E-state index contributed by atoms with van der Waals surface area (Å²) in [6.45, 7) is 1.85. The lowest BCUT2D eigenvalue weighted by molar-refractivity contribution is -0.117. The molecule has 1 N–H and O–H groups in total. The summed E-state index contributed by atoms with van der Waals surface area (Å²) in [6, 6.07) is 12.1. The topological polar surface area (TPSA) is 56.4 Å². The minimum Gasteiger partial charge on any atom is -0.360 e. The number of rotatable bonds is 3. The van der Waals surface area contributed by atoms with E-state index < -0.39 is 0 Å². The molecule has 0 unspecified atom stereocenters. The van der Waals surface area contributed by atoms with Gasteiger partial charge in [0.15, 0.2) is 0 Å². The van der Waals surface area contributed by atoms with Crippen molar-refractivity contribution < 1.29 is 14.0 Å². The Hall–Kier alpha value is -3.41. The van der Waals surface area contributed by atoms with Crippen molar-refractivity contribution in [2.24, 2.45) is 0 Å². The van der Waals surface area contributed by atoms with Crippen LogP contribution in [0.1, 0.15) is 35.2 Å². The van der Waals surface area contributed by atoms with E-state index in [1.54, 1.807) is 17.0 Å². The Bertz CT molecular complexity index is 1180. The molecule has 3 aromatic rings. The molecule has 2 aromatic carbocycles. The Balaban J connectivity index is 1.34. The number of aromatic nitrogens is 1. The van der Waals surface area contributed by atoms with E-state index in [0.717, 1.165) is 40.6 Å². The number of hydrogen-bond acceptors (Lipinski definition) is 2. The van der Waals surface area contributed by atoms with Crippen molar-refractivity contribution in [3.63, 3.8) is 0 Å². The second-order valence-corrected chi connectivity index (χ2v) is 7.82. The van der Waals surface area contributed by atoms with Gasteiger partial charge >= 0.3 is 0 Å². The molecule has 0 atom stereocenters. The first kappa shape index (κ1) is 18.6. The molecule has 0 saturated carbocycles. The SMILES string of the molecule is O=C(c1cccc(N2CCCC2=O)c1)N1CC=C(c2c[nH]c3cc(F)ccc23)CC1. The number of nitrogens with one attached hydrogen (secondary N) is 1. The molecule has 5 rings (SSSR count). The maximum absolute atomic E-state index is 13.4. The van der Waals surface area contributed by atoms with E-state index in [9.17, 15) is 14.0 Å². The minimum atomic E-state index is -0.261. The number of hydrogen-bond donors (Lipinski definition) is 1. The van der Waals surface area contributed by atoms with E-state index in [2.05, 4.69) is 11.1 Å². The number of H-pyrrole nitrogens is 1. The first-order chi connectivity index (χ1) is 14.6. The molecule has 0 radical (unpaired) electrons. The van der Waals surface area contributed by atoms with Crippen LogP contribution in [-0.2, 0) is 4.79 Å². The Morgan fingerprint density at radius 1 is 1.07 bits per heavy atom. The van der Waals surface area contributed by atoms with Crippen molar-refractivity contribution >= 4 is 34.0 Å². The zero-order valence-electron chi connectivity index (χ0n) is 16.5. The summed E-state index contributed by atoms with van der Waals surface area (Å²) in [4.78, 5) is 31.8. The maximum atomic E-state index is 13.4. The third-order valence-corrected chi connectivity index (χ3v) is 5.96. The molecule has 1 aromatic heterocycles. The molecule has 5 nitrogen and oxygen atoms in total. The average Bonchev–Trinajstić information content (AvgIpc) is 3.39. The first-order valence-electron chi connectivity index (χ1n) is 10.3. The molecule has 0 aliphatic carbocycles. The normalized spacial score (nSPS) is 17.0. The Kier molecular flexibility index (Phi) is 4.62. The van der Waals surface area contributed by atoms with Gasteiger partial charge in [0.25, 0.3) is 5.91 Å². The highest BCUT2D eigenvalue weighted by atomic mass is 19.1. The molecule has 1 saturated heterocycles. The van der Waals surface area contributed by atoms with Crippen LogP contribution in [0.15, 0.2) is 54.7 Å². The summed E-state index contributed by atoms with van der Waals surface area (Å²) >= 11 is 0. The summed E-state index contributed by atoms with van der Waals surface area (Å²) in [5.41, 5.74) is 4.40. The molecule has 30 heavy (non-hydrogen) atoms. The van der Waals surface area contributed by atoms with E-state index in [4.69, 9.17) is 0 Å². The van der Waals surface area contributed by atoms with Crippen molar-refractivity contribution in [1.82, 2.24) is 9.88 Å². The predicted octanol–water partition coefficient (Wildman–Crippen LogP) is 4.36. The van der Waals surface area contributed by atoms with Crippen molar-refractivity contribution in [3.05, 3.63) is 71.7 Å². The van der Waals surface area contributed by atoms with Crippen molar-refractivity contribution in [2.75, 3.05) is 24.5 Å². The third kappa shape index (κ3) is 3.28. The number of fused-ring (bicyclic) bond motifs is 1. The van der Waals surface area contributed by atoms with Crippen LogP contribution in [0.5, 0.6) is 0 Å². The number of nitrogens with zero attached hydrogens (tertiary/aromatic N) is 2. The van der Waals surface area contributed by atoms with E-state index >= 15 is 0 Å². The molecule has 0 bridgehead atoms. The Morgan fingerprint density at radius 3 is 2.73 bits per heavy atom. The van der Waals surface area contributed by atoms with Crippen LogP contribution >= 0.6 is 0 Å². The number of amides is 2. The lowest BCUT2D eigenvalue weighted by Crippen LogP contribution is -2.34. The fraction of sp³-hybridized carbons (Fsp3) is 0.250. The van der Waals surface area contributed by atoms with Crippen molar-refractivity contribution in [3.8, 4) is 0 Å². The molecule has 2 amide bonds. The van der Waals surface area contributed by atoms with Crippen LogP contribution in [0, 0.1) is 5.82 Å². The van der Waals surface area contributed by atoms with E-state index in [-0.39, 0.29) is 17.6 Å². The second-order valence-electron chi connectivity index (χ2n) is 7.82. The minimum absolute atomic E-state index is 0.0280. The first-order valence-corrected chi connectivity index (χ1v) is 10.3. The van der Waals surface area contributed by atoms with Gasteiger partial charge in [-0.3, -0.25) is 9.59 Å². The lowest BCUT2D eigenvalue weighted by Gasteiger charge is -2.27. The zero-order chi connectivity index (χ0) is 20.7. The van der Waals surface area contributed by atoms with Gasteiger partial charge in [-0.25, -0.2) is 4.39 Å². The number of anilines is 1. The van der Waals surface area contributed by atoms with Gasteiger partial charge in [-0.2, -0.15) is 0 Å². The molecule has 2 aliphatic rings. The largest absolute Gasteiger partial charge is 0.360 e. The van der Waals surface area contributed by atoms with Crippen LogP contribution < -0.4 is 4.90 Å². The van der Waals surface area contributed by atoms with Gasteiger partial charge < -0.3 is 14.8 Å². The molecule has 3 heterocycles. The smallest absolute Gasteiger partial charge is 0.254 e. The summed E-state index contributed by atoms with van der Waals surface area (Å²) in [5, 5.41) is 0.991. The van der Waals surface area contributed by atoms with Gasteiger partial charge in [-0.15, -0.1) is 0 Å². The molecule has 1 fully saturated rings. The highest BCUT2D eigenvalue weighted by molar-refractivity contribution is 5.99. The molecule has 6 heteroatoms. The summed E-state index contributed by atoms with van der Waals surface area (Å²) in [6.07, 6.45) is 6.14. The van der Waals surface area contributed by atoms with E-state index in [0.29, 0.717) is 31.6 Å². The average molecular weight is 403 g/mol. The van der Waals surface area contributed by atoms with Crippen LogP contribution in [0.4, 0.5) is 10.1 Å². The van der Waals surface area contributed by atoms with Gasteiger partial charge in [0.2, 0.25) is 5.91 Å². The van der Waals surface area contributed by atoms with Gasteiger partial charge in [0.1, 0.15) is 5.82 Å². The fourth-order valence-electron chi connectivity index (χ4n) is 4.37. The Morgan fingerprint density at radius 2 is 1.97 bits per heavy atom. The lowest BCUT2D eigenvalue weighted by atomic mass is 9.98. The zero-order valence-corrected chi connectivity index (χ0v) is 16.5. The number of benzene rings is 2. The summed E-state index contributed by atoms with van der Waals surface area (Å²) in [5.74, 6) is -0.174. The second kappa shape index (κ2) is 7.44. The number of halogens is 1. The Labute approximate surface area is 173 Å². The summed E-state index contributed by atoms with van der Waals surface area (Å²) < 4.78 is 13.4. The van der Waals surface area contributed by atoms with Crippen LogP contribution in [0.25, 0.3) is 16.5 Å². The maximum Gasteiger partial charge on any atom is 0.254 e. The van der Waals surface area contributed by atoms with Crippen LogP contribution in [-0.4, -0.2) is 41.3 Å². The number of carbonyl (C=O) groups excluding carboxylic acids is 2. The highest BCUT2D eigenvalue weighted by Gasteiger charge is 2.24.